The summed E-state index contributed by atoms with van der Waals surface area (Å²) in [4.78, 5) is 12.1. The largest absolute Gasteiger partial charge is 0.489 e. The molecule has 0 radical (unpaired) electrons. The van der Waals surface area contributed by atoms with Gasteiger partial charge < -0.3 is 14.6 Å². The molecule has 0 fully saturated rings. The number of hydrogen-bond acceptors (Lipinski definition) is 4. The van der Waals surface area contributed by atoms with Crippen molar-refractivity contribution in [3.05, 3.63) is 82.0 Å². The Morgan fingerprint density at radius 1 is 1.13 bits per heavy atom. The van der Waals surface area contributed by atoms with E-state index in [1.165, 1.54) is 0 Å². The van der Waals surface area contributed by atoms with Gasteiger partial charge in [-0.3, -0.25) is 4.79 Å². The molecule has 0 spiro atoms. The Morgan fingerprint density at radius 2 is 1.84 bits per heavy atom. The second kappa shape index (κ2) is 9.20. The third-order valence-corrected chi connectivity index (χ3v) is 4.71. The molecule has 0 unspecified atom stereocenters. The fraction of sp³-hybridized carbons (Fsp3) is 0.273. The molecule has 0 bridgehead atoms. The van der Waals surface area contributed by atoms with E-state index in [1.54, 1.807) is 31.2 Å². The van der Waals surface area contributed by atoms with Crippen LogP contribution in [0, 0.1) is 19.7 Å². The van der Waals surface area contributed by atoms with E-state index in [-0.39, 0.29) is 18.5 Å². The number of alkyl halides is 3. The number of carbonyl (C=O) groups is 1. The van der Waals surface area contributed by atoms with Crippen LogP contribution < -0.4 is 10.1 Å². The molecule has 1 aromatic heterocycles. The summed E-state index contributed by atoms with van der Waals surface area (Å²) >= 11 is 0. The summed E-state index contributed by atoms with van der Waals surface area (Å²) in [6, 6.07) is 9.15. The average Bonchev–Trinajstić information content (AvgIpc) is 3.03. The van der Waals surface area contributed by atoms with Crippen LogP contribution in [0.15, 0.2) is 47.0 Å². The lowest BCUT2D eigenvalue weighted by atomic mass is 10.1. The van der Waals surface area contributed by atoms with Crippen LogP contribution in [0.3, 0.4) is 0 Å². The van der Waals surface area contributed by atoms with Crippen molar-refractivity contribution in [1.82, 2.24) is 10.5 Å². The van der Waals surface area contributed by atoms with E-state index in [1.807, 2.05) is 6.92 Å². The van der Waals surface area contributed by atoms with E-state index in [0.717, 1.165) is 23.4 Å². The standard InChI is InChI=1S/C22H20F4N2O3/c1-13-19(14(2)31-28-13)12-30-18-7-3-15(4-8-18)9-21(29)27-11-16-5-6-17(23)10-20(16)22(24,25)26/h3-8,10H,9,11-12H2,1-2H3,(H,27,29). The van der Waals surface area contributed by atoms with E-state index in [9.17, 15) is 22.4 Å². The van der Waals surface area contributed by atoms with Gasteiger partial charge in [-0.25, -0.2) is 4.39 Å². The molecule has 0 saturated carbocycles. The number of hydrogen-bond donors (Lipinski definition) is 1. The van der Waals surface area contributed by atoms with Gasteiger partial charge in [-0.15, -0.1) is 0 Å². The summed E-state index contributed by atoms with van der Waals surface area (Å²) in [5, 5.41) is 6.30. The predicted octanol–water partition coefficient (Wildman–Crippen LogP) is 4.89. The Labute approximate surface area is 176 Å². The number of benzene rings is 2. The molecular formula is C22H20F4N2O3. The first-order chi connectivity index (χ1) is 14.6. The lowest BCUT2D eigenvalue weighted by molar-refractivity contribution is -0.138. The Morgan fingerprint density at radius 3 is 2.45 bits per heavy atom. The van der Waals surface area contributed by atoms with Gasteiger partial charge in [0.2, 0.25) is 5.91 Å². The highest BCUT2D eigenvalue weighted by molar-refractivity contribution is 5.78. The number of amides is 1. The van der Waals surface area contributed by atoms with Crippen LogP contribution in [0.1, 0.15) is 33.7 Å². The van der Waals surface area contributed by atoms with Crippen LogP contribution in [0.2, 0.25) is 0 Å². The Balaban J connectivity index is 1.54. The molecule has 0 aliphatic carbocycles. The number of halogens is 4. The fourth-order valence-corrected chi connectivity index (χ4v) is 2.98. The van der Waals surface area contributed by atoms with Crippen molar-refractivity contribution in [2.75, 3.05) is 0 Å². The van der Waals surface area contributed by atoms with E-state index >= 15 is 0 Å². The zero-order valence-electron chi connectivity index (χ0n) is 16.8. The predicted molar refractivity (Wildman–Crippen MR) is 104 cm³/mol. The molecule has 164 valence electrons. The van der Waals surface area contributed by atoms with E-state index in [2.05, 4.69) is 10.5 Å². The van der Waals surface area contributed by atoms with Gasteiger partial charge in [-0.1, -0.05) is 23.4 Å². The van der Waals surface area contributed by atoms with Crippen molar-refractivity contribution in [1.29, 1.82) is 0 Å². The molecule has 31 heavy (non-hydrogen) atoms. The fourth-order valence-electron chi connectivity index (χ4n) is 2.98. The first-order valence-corrected chi connectivity index (χ1v) is 9.39. The third kappa shape index (κ3) is 5.84. The number of aryl methyl sites for hydroxylation is 2. The first-order valence-electron chi connectivity index (χ1n) is 9.39. The van der Waals surface area contributed by atoms with Crippen molar-refractivity contribution in [2.45, 2.75) is 39.6 Å². The van der Waals surface area contributed by atoms with Gasteiger partial charge >= 0.3 is 6.18 Å². The maximum absolute atomic E-state index is 13.2. The van der Waals surface area contributed by atoms with Crippen LogP contribution in [0.25, 0.3) is 0 Å². The highest BCUT2D eigenvalue weighted by atomic mass is 19.4. The van der Waals surface area contributed by atoms with Gasteiger partial charge in [0, 0.05) is 6.54 Å². The maximum Gasteiger partial charge on any atom is 0.416 e. The molecule has 0 saturated heterocycles. The quantitative estimate of drug-likeness (QED) is 0.536. The summed E-state index contributed by atoms with van der Waals surface area (Å²) < 4.78 is 63.0. The minimum Gasteiger partial charge on any atom is -0.489 e. The molecule has 2 aromatic carbocycles. The van der Waals surface area contributed by atoms with Gasteiger partial charge in [-0.2, -0.15) is 13.2 Å². The molecule has 0 aliphatic heterocycles. The SMILES string of the molecule is Cc1noc(C)c1COc1ccc(CC(=O)NCc2ccc(F)cc2C(F)(F)F)cc1. The number of ether oxygens (including phenoxy) is 1. The van der Waals surface area contributed by atoms with E-state index in [4.69, 9.17) is 9.26 Å². The third-order valence-electron chi connectivity index (χ3n) is 4.71. The van der Waals surface area contributed by atoms with Crippen LogP contribution in [-0.2, 0) is 30.5 Å². The topological polar surface area (TPSA) is 64.4 Å². The molecule has 9 heteroatoms. The van der Waals surface area contributed by atoms with Crippen LogP contribution in [0.5, 0.6) is 5.75 Å². The van der Waals surface area contributed by atoms with Gasteiger partial charge in [-0.05, 0) is 49.2 Å². The summed E-state index contributed by atoms with van der Waals surface area (Å²) in [6.07, 6.45) is -4.73. The monoisotopic (exact) mass is 436 g/mol. The highest BCUT2D eigenvalue weighted by Gasteiger charge is 2.33. The summed E-state index contributed by atoms with van der Waals surface area (Å²) in [5.41, 5.74) is 0.971. The second-order valence-corrected chi connectivity index (χ2v) is 6.99. The number of carbonyl (C=O) groups excluding carboxylic acids is 1. The van der Waals surface area contributed by atoms with Crippen LogP contribution in [0.4, 0.5) is 17.6 Å². The molecule has 1 heterocycles. The molecular weight excluding hydrogens is 416 g/mol. The lowest BCUT2D eigenvalue weighted by Gasteiger charge is -2.13. The first kappa shape index (κ1) is 22.3. The van der Waals surface area contributed by atoms with Crippen molar-refractivity contribution in [2.24, 2.45) is 0 Å². The Hall–Kier alpha value is -3.36. The lowest BCUT2D eigenvalue weighted by Crippen LogP contribution is -2.26. The minimum atomic E-state index is -4.71. The second-order valence-electron chi connectivity index (χ2n) is 6.99. The van der Waals surface area contributed by atoms with Crippen molar-refractivity contribution < 1.29 is 31.6 Å². The van der Waals surface area contributed by atoms with Crippen LogP contribution >= 0.6 is 0 Å². The zero-order valence-corrected chi connectivity index (χ0v) is 16.8. The molecule has 1 amide bonds. The van der Waals surface area contributed by atoms with Gasteiger partial charge in [0.05, 0.1) is 23.2 Å². The minimum absolute atomic E-state index is 0.0211. The van der Waals surface area contributed by atoms with Gasteiger partial charge in [0.15, 0.2) is 0 Å². The van der Waals surface area contributed by atoms with E-state index < -0.39 is 23.5 Å². The Kier molecular flexibility index (Phi) is 6.62. The van der Waals surface area contributed by atoms with Crippen molar-refractivity contribution in [3.63, 3.8) is 0 Å². The number of nitrogens with zero attached hydrogens (tertiary/aromatic N) is 1. The van der Waals surface area contributed by atoms with E-state index in [0.29, 0.717) is 29.7 Å². The van der Waals surface area contributed by atoms with Crippen molar-refractivity contribution in [3.8, 4) is 5.75 Å². The maximum atomic E-state index is 13.2. The van der Waals surface area contributed by atoms with Crippen molar-refractivity contribution >= 4 is 5.91 Å². The molecule has 0 aliphatic rings. The highest BCUT2D eigenvalue weighted by Crippen LogP contribution is 2.32. The molecule has 3 rings (SSSR count). The summed E-state index contributed by atoms with van der Waals surface area (Å²) in [6.45, 7) is 3.55. The van der Waals surface area contributed by atoms with Gasteiger partial charge in [0.25, 0.3) is 0 Å². The molecule has 3 aromatic rings. The number of rotatable bonds is 7. The zero-order chi connectivity index (χ0) is 22.6. The number of aromatic nitrogens is 1. The molecule has 0 atom stereocenters. The normalized spacial score (nSPS) is 11.4. The Bertz CT molecular complexity index is 1040. The van der Waals surface area contributed by atoms with Crippen LogP contribution in [-0.4, -0.2) is 11.1 Å². The molecule has 1 N–H and O–H groups in total. The summed E-state index contributed by atoms with van der Waals surface area (Å²) in [7, 11) is 0. The van der Waals surface area contributed by atoms with Gasteiger partial charge in [0.1, 0.15) is 23.9 Å². The molecule has 5 nitrogen and oxygen atoms in total. The summed E-state index contributed by atoms with van der Waals surface area (Å²) in [5.74, 6) is -0.174. The average molecular weight is 436 g/mol. The smallest absolute Gasteiger partial charge is 0.416 e. The number of nitrogens with one attached hydrogen (secondary N) is 1.